The molecule has 0 unspecified atom stereocenters. The molecule has 2 rings (SSSR count). The predicted molar refractivity (Wildman–Crippen MR) is 74.1 cm³/mol. The van der Waals surface area contributed by atoms with E-state index in [1.165, 1.54) is 0 Å². The van der Waals surface area contributed by atoms with E-state index in [2.05, 4.69) is 26.3 Å². The number of nitrogens with two attached hydrogens (primary N) is 1. The third-order valence-corrected chi connectivity index (χ3v) is 2.95. The number of amidine groups is 1. The normalized spacial score (nSPS) is 11.4. The van der Waals surface area contributed by atoms with Gasteiger partial charge in [-0.15, -0.1) is 0 Å². The van der Waals surface area contributed by atoms with Crippen molar-refractivity contribution in [2.75, 3.05) is 0 Å². The summed E-state index contributed by atoms with van der Waals surface area (Å²) in [7, 11) is 0. The van der Waals surface area contributed by atoms with Gasteiger partial charge in [-0.2, -0.15) is 0 Å². The molecule has 0 spiro atoms. The second kappa shape index (κ2) is 5.75. The van der Waals surface area contributed by atoms with Crippen LogP contribution in [0.15, 0.2) is 58.0 Å². The molecule has 0 bridgehead atoms. The van der Waals surface area contributed by atoms with E-state index < -0.39 is 5.82 Å². The van der Waals surface area contributed by atoms with Crippen LogP contribution in [0.3, 0.4) is 0 Å². The number of halogens is 2. The Hall–Kier alpha value is -1.72. The molecule has 2 aromatic rings. The Bertz CT molecular complexity index is 570. The van der Waals surface area contributed by atoms with Gasteiger partial charge in [0.1, 0.15) is 5.82 Å². The molecule has 0 amide bonds. The van der Waals surface area contributed by atoms with Gasteiger partial charge in [0.25, 0.3) is 0 Å². The molecule has 0 aliphatic rings. The van der Waals surface area contributed by atoms with Crippen LogP contribution in [-0.4, -0.2) is 5.84 Å². The Morgan fingerprint density at radius 2 is 1.83 bits per heavy atom. The smallest absolute Gasteiger partial charge is 0.150 e. The number of hydrogen-bond acceptors (Lipinski definition) is 2. The second-order valence-electron chi connectivity index (χ2n) is 3.54. The second-order valence-corrected chi connectivity index (χ2v) is 4.40. The van der Waals surface area contributed by atoms with E-state index in [4.69, 9.17) is 5.84 Å². The van der Waals surface area contributed by atoms with Crippen LogP contribution in [-0.2, 0) is 0 Å². The van der Waals surface area contributed by atoms with Gasteiger partial charge in [0, 0.05) is 0 Å². The summed E-state index contributed by atoms with van der Waals surface area (Å²) in [5.74, 6) is 5.29. The Balaban J connectivity index is 2.46. The molecule has 0 aliphatic heterocycles. The first-order chi connectivity index (χ1) is 8.72. The molecule has 2 aromatic carbocycles. The lowest BCUT2D eigenvalue weighted by atomic mass is 10.2. The summed E-state index contributed by atoms with van der Waals surface area (Å²) in [5.41, 5.74) is 3.44. The lowest BCUT2D eigenvalue weighted by Crippen LogP contribution is -2.31. The van der Waals surface area contributed by atoms with Crippen molar-refractivity contribution in [2.24, 2.45) is 10.8 Å². The van der Waals surface area contributed by atoms with Crippen LogP contribution in [0.2, 0.25) is 0 Å². The van der Waals surface area contributed by atoms with Crippen molar-refractivity contribution in [2.45, 2.75) is 0 Å². The van der Waals surface area contributed by atoms with Gasteiger partial charge in [0.15, 0.2) is 5.84 Å². The highest BCUT2D eigenvalue weighted by Crippen LogP contribution is 2.20. The van der Waals surface area contributed by atoms with Gasteiger partial charge >= 0.3 is 0 Å². The molecule has 92 valence electrons. The molecular weight excluding hydrogens is 297 g/mol. The SMILES string of the molecule is NNC(=Nc1ccccc1)c1cccc(Br)c1F. The lowest BCUT2D eigenvalue weighted by Gasteiger charge is -2.08. The zero-order valence-corrected chi connectivity index (χ0v) is 11.0. The minimum atomic E-state index is -0.398. The van der Waals surface area contributed by atoms with Crippen molar-refractivity contribution in [1.82, 2.24) is 5.43 Å². The molecule has 0 heterocycles. The largest absolute Gasteiger partial charge is 0.308 e. The highest BCUT2D eigenvalue weighted by atomic mass is 79.9. The van der Waals surface area contributed by atoms with Crippen LogP contribution in [0.1, 0.15) is 5.56 Å². The van der Waals surface area contributed by atoms with Gasteiger partial charge in [-0.05, 0) is 40.2 Å². The van der Waals surface area contributed by atoms with Gasteiger partial charge in [-0.25, -0.2) is 15.2 Å². The molecule has 0 aliphatic carbocycles. The first kappa shape index (κ1) is 12.7. The maximum Gasteiger partial charge on any atom is 0.150 e. The maximum atomic E-state index is 13.9. The van der Waals surface area contributed by atoms with Crippen molar-refractivity contribution < 1.29 is 4.39 Å². The summed E-state index contributed by atoms with van der Waals surface area (Å²) < 4.78 is 14.3. The number of para-hydroxylation sites is 1. The molecule has 0 fully saturated rings. The van der Waals surface area contributed by atoms with E-state index in [1.54, 1.807) is 18.2 Å². The van der Waals surface area contributed by atoms with Crippen LogP contribution in [0.5, 0.6) is 0 Å². The highest BCUT2D eigenvalue weighted by molar-refractivity contribution is 9.10. The summed E-state index contributed by atoms with van der Waals surface area (Å²) in [5, 5.41) is 0. The third kappa shape index (κ3) is 2.75. The minimum absolute atomic E-state index is 0.278. The summed E-state index contributed by atoms with van der Waals surface area (Å²) >= 11 is 3.13. The number of nitrogens with one attached hydrogen (secondary N) is 1. The molecule has 0 aromatic heterocycles. The Labute approximate surface area is 113 Å². The van der Waals surface area contributed by atoms with Crippen LogP contribution >= 0.6 is 15.9 Å². The van der Waals surface area contributed by atoms with Crippen LogP contribution < -0.4 is 11.3 Å². The zero-order chi connectivity index (χ0) is 13.0. The van der Waals surface area contributed by atoms with Gasteiger partial charge < -0.3 is 5.43 Å². The number of aliphatic imine (C=N–C) groups is 1. The molecular formula is C13H11BrFN3. The predicted octanol–water partition coefficient (Wildman–Crippen LogP) is 3.13. The van der Waals surface area contributed by atoms with E-state index in [0.717, 1.165) is 0 Å². The van der Waals surface area contributed by atoms with Gasteiger partial charge in [-0.3, -0.25) is 0 Å². The number of benzene rings is 2. The third-order valence-electron chi connectivity index (χ3n) is 2.34. The van der Waals surface area contributed by atoms with Gasteiger partial charge in [0.2, 0.25) is 0 Å². The van der Waals surface area contributed by atoms with E-state index in [-0.39, 0.29) is 5.84 Å². The summed E-state index contributed by atoms with van der Waals surface area (Å²) in [6.07, 6.45) is 0. The Morgan fingerprint density at radius 1 is 1.11 bits per heavy atom. The molecule has 0 saturated carbocycles. The highest BCUT2D eigenvalue weighted by Gasteiger charge is 2.11. The minimum Gasteiger partial charge on any atom is -0.308 e. The average molecular weight is 308 g/mol. The first-order valence-corrected chi connectivity index (χ1v) is 6.06. The molecule has 0 saturated heterocycles. The van der Waals surface area contributed by atoms with E-state index >= 15 is 0 Å². The molecule has 3 nitrogen and oxygen atoms in total. The summed E-state index contributed by atoms with van der Waals surface area (Å²) in [6, 6.07) is 14.2. The zero-order valence-electron chi connectivity index (χ0n) is 9.40. The Morgan fingerprint density at radius 3 is 2.50 bits per heavy atom. The van der Waals surface area contributed by atoms with Crippen molar-refractivity contribution in [1.29, 1.82) is 0 Å². The summed E-state index contributed by atoms with van der Waals surface area (Å²) in [4.78, 5) is 4.27. The standard InChI is InChI=1S/C13H11BrFN3/c14-11-8-4-7-10(12(11)15)13(18-16)17-9-5-2-1-3-6-9/h1-8H,16H2,(H,17,18). The number of rotatable bonds is 2. The van der Waals surface area contributed by atoms with Gasteiger partial charge in [0.05, 0.1) is 15.7 Å². The van der Waals surface area contributed by atoms with Crippen LogP contribution in [0.4, 0.5) is 10.1 Å². The molecule has 0 radical (unpaired) electrons. The monoisotopic (exact) mass is 307 g/mol. The van der Waals surface area contributed by atoms with E-state index in [0.29, 0.717) is 15.7 Å². The van der Waals surface area contributed by atoms with E-state index in [1.807, 2.05) is 30.3 Å². The number of nitrogens with zero attached hydrogens (tertiary/aromatic N) is 1. The van der Waals surface area contributed by atoms with Gasteiger partial charge in [-0.1, -0.05) is 24.3 Å². The quantitative estimate of drug-likeness (QED) is 0.387. The molecule has 5 heteroatoms. The molecule has 3 N–H and O–H groups in total. The maximum absolute atomic E-state index is 13.9. The van der Waals surface area contributed by atoms with Crippen LogP contribution in [0.25, 0.3) is 0 Å². The average Bonchev–Trinajstić information content (AvgIpc) is 2.41. The van der Waals surface area contributed by atoms with Crippen LogP contribution in [0, 0.1) is 5.82 Å². The van der Waals surface area contributed by atoms with Crippen molar-refractivity contribution in [3.05, 3.63) is 64.4 Å². The fourth-order valence-electron chi connectivity index (χ4n) is 1.49. The van der Waals surface area contributed by atoms with Crippen molar-refractivity contribution >= 4 is 27.5 Å². The molecule has 18 heavy (non-hydrogen) atoms. The lowest BCUT2D eigenvalue weighted by molar-refractivity contribution is 0.617. The fourth-order valence-corrected chi connectivity index (χ4v) is 1.85. The Kier molecular flexibility index (Phi) is 4.07. The fraction of sp³-hybridized carbons (Fsp3) is 0. The number of hydrogen-bond donors (Lipinski definition) is 2. The van der Waals surface area contributed by atoms with E-state index in [9.17, 15) is 4.39 Å². The van der Waals surface area contributed by atoms with Crippen molar-refractivity contribution in [3.63, 3.8) is 0 Å². The summed E-state index contributed by atoms with van der Waals surface area (Å²) in [6.45, 7) is 0. The number of hydrazine groups is 1. The first-order valence-electron chi connectivity index (χ1n) is 5.27. The topological polar surface area (TPSA) is 50.4 Å². The molecule has 0 atom stereocenters. The van der Waals surface area contributed by atoms with Crippen molar-refractivity contribution in [3.8, 4) is 0 Å².